The quantitative estimate of drug-likeness (QED) is 0.865. The van der Waals surface area contributed by atoms with Gasteiger partial charge in [-0.25, -0.2) is 9.18 Å². The predicted octanol–water partition coefficient (Wildman–Crippen LogP) is 2.26. The molecule has 3 unspecified atom stereocenters. The van der Waals surface area contributed by atoms with Crippen molar-refractivity contribution in [1.29, 1.82) is 0 Å². The van der Waals surface area contributed by atoms with Crippen LogP contribution in [0.2, 0.25) is 0 Å². The van der Waals surface area contributed by atoms with E-state index in [2.05, 4.69) is 16.8 Å². The first-order valence-corrected chi connectivity index (χ1v) is 9.93. The average molecular weight is 385 g/mol. The van der Waals surface area contributed by atoms with E-state index in [0.29, 0.717) is 36.1 Å². The highest BCUT2D eigenvalue weighted by molar-refractivity contribution is 5.89. The van der Waals surface area contributed by atoms with Gasteiger partial charge < -0.3 is 19.5 Å². The lowest BCUT2D eigenvalue weighted by atomic mass is 9.87. The van der Waals surface area contributed by atoms with Crippen LogP contribution in [0.4, 0.5) is 4.39 Å². The molecular weight excluding hydrogens is 361 g/mol. The van der Waals surface area contributed by atoms with Crippen molar-refractivity contribution in [3.05, 3.63) is 45.0 Å². The third-order valence-corrected chi connectivity index (χ3v) is 6.68. The molecular formula is C21H24FN3O3. The predicted molar refractivity (Wildman–Crippen MR) is 104 cm³/mol. The summed E-state index contributed by atoms with van der Waals surface area (Å²) >= 11 is 0. The molecule has 0 spiro atoms. The molecule has 28 heavy (non-hydrogen) atoms. The zero-order valence-electron chi connectivity index (χ0n) is 16.1. The van der Waals surface area contributed by atoms with Crippen LogP contribution < -0.4 is 5.43 Å². The Morgan fingerprint density at radius 1 is 1.32 bits per heavy atom. The maximum Gasteiger partial charge on any atom is 0.341 e. The van der Waals surface area contributed by atoms with Crippen LogP contribution in [-0.2, 0) is 6.42 Å². The van der Waals surface area contributed by atoms with Gasteiger partial charge in [-0.3, -0.25) is 4.79 Å². The van der Waals surface area contributed by atoms with E-state index in [0.717, 1.165) is 31.8 Å². The molecule has 148 valence electrons. The standard InChI is InChI=1S/C21H24FN3O3/c1-11-7-14-19(25(13-3-4-13)9-15(20(14)26)21(27)28)17(22)18(11)24-6-5-12-8-23(2)10-16(12)24/h3,9,11-12,16H,4-8,10H2,1-2H3,(H,27,28). The minimum atomic E-state index is -1.26. The Hall–Kier alpha value is -2.41. The van der Waals surface area contributed by atoms with E-state index in [1.54, 1.807) is 4.57 Å². The van der Waals surface area contributed by atoms with E-state index >= 15 is 4.39 Å². The van der Waals surface area contributed by atoms with Crippen LogP contribution >= 0.6 is 0 Å². The second-order valence-electron chi connectivity index (χ2n) is 8.61. The molecule has 1 N–H and O–H groups in total. The highest BCUT2D eigenvalue weighted by atomic mass is 19.1. The van der Waals surface area contributed by atoms with Gasteiger partial charge in [0.25, 0.3) is 0 Å². The third-order valence-electron chi connectivity index (χ3n) is 6.68. The molecule has 0 bridgehead atoms. The molecule has 0 amide bonds. The van der Waals surface area contributed by atoms with Gasteiger partial charge in [0.15, 0.2) is 11.3 Å². The van der Waals surface area contributed by atoms with Crippen LogP contribution in [-0.4, -0.2) is 58.2 Å². The normalized spacial score (nSPS) is 29.0. The van der Waals surface area contributed by atoms with E-state index in [-0.39, 0.29) is 23.0 Å². The lowest BCUT2D eigenvalue weighted by molar-refractivity contribution is 0.0694. The summed E-state index contributed by atoms with van der Waals surface area (Å²) in [5, 5.41) is 9.43. The molecule has 2 fully saturated rings. The molecule has 0 aromatic carbocycles. The van der Waals surface area contributed by atoms with Crippen LogP contribution in [0.25, 0.3) is 11.5 Å². The fraction of sp³-hybridized carbons (Fsp3) is 0.524. The molecule has 1 aromatic rings. The highest BCUT2D eigenvalue weighted by Gasteiger charge is 2.44. The molecule has 1 aromatic heterocycles. The lowest BCUT2D eigenvalue weighted by Crippen LogP contribution is -2.39. The number of aromatic carboxylic acids is 1. The van der Waals surface area contributed by atoms with E-state index < -0.39 is 11.4 Å². The Kier molecular flexibility index (Phi) is 3.81. The topological polar surface area (TPSA) is 65.8 Å². The third kappa shape index (κ3) is 2.49. The Morgan fingerprint density at radius 2 is 2.07 bits per heavy atom. The number of likely N-dealkylation sites (tertiary alicyclic amines) is 2. The van der Waals surface area contributed by atoms with Gasteiger partial charge in [0.05, 0.1) is 11.4 Å². The van der Waals surface area contributed by atoms with Gasteiger partial charge in [0.1, 0.15) is 5.56 Å². The van der Waals surface area contributed by atoms with Crippen molar-refractivity contribution in [2.45, 2.75) is 32.2 Å². The van der Waals surface area contributed by atoms with Gasteiger partial charge in [-0.15, -0.1) is 0 Å². The van der Waals surface area contributed by atoms with Crippen LogP contribution in [0.5, 0.6) is 0 Å². The first kappa shape index (κ1) is 17.7. The Labute approximate surface area is 162 Å². The molecule has 5 rings (SSSR count). The van der Waals surface area contributed by atoms with Gasteiger partial charge in [-0.2, -0.15) is 0 Å². The number of hydrogen-bond donors (Lipinski definition) is 1. The van der Waals surface area contributed by atoms with Crippen molar-refractivity contribution < 1.29 is 14.3 Å². The Morgan fingerprint density at radius 3 is 2.75 bits per heavy atom. The van der Waals surface area contributed by atoms with E-state index in [1.807, 2.05) is 13.0 Å². The van der Waals surface area contributed by atoms with Gasteiger partial charge in [-0.05, 0) is 25.8 Å². The number of rotatable bonds is 3. The van der Waals surface area contributed by atoms with E-state index in [9.17, 15) is 14.7 Å². The number of pyridine rings is 1. The van der Waals surface area contributed by atoms with E-state index in [1.165, 1.54) is 6.20 Å². The molecule has 0 saturated carbocycles. The maximum absolute atomic E-state index is 15.9. The molecule has 0 radical (unpaired) electrons. The van der Waals surface area contributed by atoms with Gasteiger partial charge in [0, 0.05) is 55.5 Å². The van der Waals surface area contributed by atoms with Crippen LogP contribution in [0, 0.1) is 11.8 Å². The SMILES string of the molecule is CC1Cc2c(n(C3=CC3)cc(C(=O)O)c2=O)C(F)=C1N1CCC2CN(C)CC21. The zero-order chi connectivity index (χ0) is 19.7. The number of carbonyl (C=O) groups is 1. The van der Waals surface area contributed by atoms with Crippen molar-refractivity contribution in [3.63, 3.8) is 0 Å². The van der Waals surface area contributed by atoms with Crippen LogP contribution in [0.15, 0.2) is 22.8 Å². The fourth-order valence-corrected chi connectivity index (χ4v) is 5.34. The number of hydrogen-bond acceptors (Lipinski definition) is 4. The highest BCUT2D eigenvalue weighted by Crippen LogP contribution is 2.43. The number of likely N-dealkylation sites (N-methyl/N-ethyl adjacent to an activating group) is 1. The molecule has 2 aliphatic carbocycles. The van der Waals surface area contributed by atoms with Gasteiger partial charge in [-0.1, -0.05) is 13.0 Å². The first-order valence-electron chi connectivity index (χ1n) is 9.93. The first-order chi connectivity index (χ1) is 13.4. The summed E-state index contributed by atoms with van der Waals surface area (Å²) in [4.78, 5) is 28.8. The summed E-state index contributed by atoms with van der Waals surface area (Å²) < 4.78 is 17.5. The van der Waals surface area contributed by atoms with Crippen molar-refractivity contribution in [2.75, 3.05) is 26.7 Å². The summed E-state index contributed by atoms with van der Waals surface area (Å²) in [5.41, 5.74) is 1.26. The number of nitrogens with zero attached hydrogens (tertiary/aromatic N) is 3. The monoisotopic (exact) mass is 385 g/mol. The van der Waals surface area contributed by atoms with Crippen LogP contribution in [0.1, 0.15) is 41.4 Å². The van der Waals surface area contributed by atoms with E-state index in [4.69, 9.17) is 0 Å². The molecule has 7 heteroatoms. The second-order valence-corrected chi connectivity index (χ2v) is 8.61. The number of aromatic nitrogens is 1. The van der Waals surface area contributed by atoms with Crippen molar-refractivity contribution in [3.8, 4) is 0 Å². The second kappa shape index (κ2) is 6.04. The number of carboxylic acids is 1. The summed E-state index contributed by atoms with van der Waals surface area (Å²) in [6, 6.07) is 0.313. The molecule has 6 nitrogen and oxygen atoms in total. The Bertz CT molecular complexity index is 1010. The zero-order valence-corrected chi connectivity index (χ0v) is 16.1. The number of allylic oxidation sites excluding steroid dienone is 3. The molecule has 3 heterocycles. The molecule has 2 aliphatic heterocycles. The van der Waals surface area contributed by atoms with Crippen molar-refractivity contribution in [1.82, 2.24) is 14.4 Å². The summed E-state index contributed by atoms with van der Waals surface area (Å²) in [6.45, 7) is 4.75. The number of fused-ring (bicyclic) bond motifs is 2. The molecule has 2 saturated heterocycles. The largest absolute Gasteiger partial charge is 0.477 e. The van der Waals surface area contributed by atoms with Crippen molar-refractivity contribution >= 4 is 17.5 Å². The minimum Gasteiger partial charge on any atom is -0.477 e. The van der Waals surface area contributed by atoms with Gasteiger partial charge in [0.2, 0.25) is 0 Å². The maximum atomic E-state index is 15.9. The van der Waals surface area contributed by atoms with Gasteiger partial charge >= 0.3 is 5.97 Å². The minimum absolute atomic E-state index is 0.157. The summed E-state index contributed by atoms with van der Waals surface area (Å²) in [6.07, 6.45) is 5.33. The summed E-state index contributed by atoms with van der Waals surface area (Å²) in [7, 11) is 2.10. The fourth-order valence-electron chi connectivity index (χ4n) is 5.34. The molecule has 4 aliphatic rings. The molecule has 3 atom stereocenters. The summed E-state index contributed by atoms with van der Waals surface area (Å²) in [5.74, 6) is -1.22. The lowest BCUT2D eigenvalue weighted by Gasteiger charge is -2.36. The Balaban J connectivity index is 1.68. The average Bonchev–Trinajstić information content (AvgIpc) is 3.31. The smallest absolute Gasteiger partial charge is 0.341 e. The number of carboxylic acid groups (broad SMARTS) is 1. The van der Waals surface area contributed by atoms with Crippen LogP contribution in [0.3, 0.4) is 0 Å². The number of halogens is 1. The van der Waals surface area contributed by atoms with Crippen molar-refractivity contribution in [2.24, 2.45) is 11.8 Å².